The maximum Gasteiger partial charge on any atom is 0.223 e. The van der Waals surface area contributed by atoms with Crippen LogP contribution in [0.2, 0.25) is 0 Å². The summed E-state index contributed by atoms with van der Waals surface area (Å²) < 4.78 is 2.19. The van der Waals surface area contributed by atoms with E-state index in [4.69, 9.17) is 0 Å². The van der Waals surface area contributed by atoms with E-state index < -0.39 is 0 Å². The first-order valence-electron chi connectivity index (χ1n) is 7.63. The van der Waals surface area contributed by atoms with Gasteiger partial charge in [-0.05, 0) is 25.7 Å². The summed E-state index contributed by atoms with van der Waals surface area (Å²) in [5.74, 6) is 2.39. The third-order valence-electron chi connectivity index (χ3n) is 4.32. The quantitative estimate of drug-likeness (QED) is 0.885. The molecule has 1 heterocycles. The summed E-state index contributed by atoms with van der Waals surface area (Å²) in [5, 5.41) is 3.09. The van der Waals surface area contributed by atoms with Gasteiger partial charge in [0.25, 0.3) is 0 Å². The van der Waals surface area contributed by atoms with Gasteiger partial charge in [-0.25, -0.2) is 4.98 Å². The number of hydrogen-bond acceptors (Lipinski definition) is 2. The third-order valence-corrected chi connectivity index (χ3v) is 4.32. The summed E-state index contributed by atoms with van der Waals surface area (Å²) in [6.07, 6.45) is 12.3. The zero-order chi connectivity index (χ0) is 13.1. The largest absolute Gasteiger partial charge is 0.354 e. The van der Waals surface area contributed by atoms with E-state index in [1.807, 2.05) is 12.4 Å². The molecule has 4 nitrogen and oxygen atoms in total. The second kappa shape index (κ2) is 5.76. The highest BCUT2D eigenvalue weighted by atomic mass is 16.1. The Balaban J connectivity index is 1.44. The van der Waals surface area contributed by atoms with Crippen LogP contribution in [0.5, 0.6) is 0 Å². The minimum absolute atomic E-state index is 0.257. The number of carbonyl (C=O) groups is 1. The fourth-order valence-electron chi connectivity index (χ4n) is 3.02. The fraction of sp³-hybridized carbons (Fsp3) is 0.733. The molecule has 2 aliphatic rings. The molecule has 3 rings (SSSR count). The van der Waals surface area contributed by atoms with Crippen molar-refractivity contribution in [3.63, 3.8) is 0 Å². The van der Waals surface area contributed by atoms with Gasteiger partial charge in [0.05, 0.1) is 0 Å². The van der Waals surface area contributed by atoms with Crippen LogP contribution < -0.4 is 5.32 Å². The van der Waals surface area contributed by atoms with Crippen molar-refractivity contribution >= 4 is 5.91 Å². The average Bonchev–Trinajstić information content (AvgIpc) is 3.19. The predicted octanol–water partition coefficient (Wildman–Crippen LogP) is 2.46. The first-order valence-corrected chi connectivity index (χ1v) is 7.63. The van der Waals surface area contributed by atoms with Gasteiger partial charge in [-0.15, -0.1) is 0 Å². The molecule has 0 aliphatic heterocycles. The topological polar surface area (TPSA) is 46.9 Å². The van der Waals surface area contributed by atoms with Crippen LogP contribution in [-0.2, 0) is 11.3 Å². The fourth-order valence-corrected chi connectivity index (χ4v) is 3.02. The molecule has 104 valence electrons. The molecule has 1 aromatic rings. The lowest BCUT2D eigenvalue weighted by Crippen LogP contribution is -2.34. The Hall–Kier alpha value is -1.32. The number of nitrogens with one attached hydrogen (secondary N) is 1. The van der Waals surface area contributed by atoms with E-state index in [0.29, 0.717) is 5.92 Å². The Kier molecular flexibility index (Phi) is 3.85. The zero-order valence-corrected chi connectivity index (χ0v) is 11.5. The lowest BCUT2D eigenvalue weighted by Gasteiger charge is -2.20. The number of rotatable bonds is 5. The maximum atomic E-state index is 12.0. The van der Waals surface area contributed by atoms with Crippen molar-refractivity contribution in [1.29, 1.82) is 0 Å². The maximum absolute atomic E-state index is 12.0. The van der Waals surface area contributed by atoms with Crippen molar-refractivity contribution in [2.45, 2.75) is 57.4 Å². The minimum atomic E-state index is 0.257. The number of imidazole rings is 1. The molecule has 19 heavy (non-hydrogen) atoms. The Bertz CT molecular complexity index is 430. The Morgan fingerprint density at radius 1 is 1.26 bits per heavy atom. The molecule has 2 saturated carbocycles. The Labute approximate surface area is 114 Å². The average molecular weight is 261 g/mol. The van der Waals surface area contributed by atoms with Gasteiger partial charge in [-0.1, -0.05) is 19.3 Å². The highest BCUT2D eigenvalue weighted by molar-refractivity contribution is 5.78. The van der Waals surface area contributed by atoms with Gasteiger partial charge in [0, 0.05) is 37.3 Å². The monoisotopic (exact) mass is 261 g/mol. The minimum Gasteiger partial charge on any atom is -0.354 e. The molecular weight excluding hydrogens is 238 g/mol. The first-order chi connectivity index (χ1) is 9.34. The zero-order valence-electron chi connectivity index (χ0n) is 11.5. The number of nitrogens with zero attached hydrogens (tertiary/aromatic N) is 2. The smallest absolute Gasteiger partial charge is 0.223 e. The molecule has 0 aromatic carbocycles. The van der Waals surface area contributed by atoms with Crippen molar-refractivity contribution in [2.75, 3.05) is 6.54 Å². The lowest BCUT2D eigenvalue weighted by atomic mass is 9.89. The molecule has 0 spiro atoms. The second-order valence-electron chi connectivity index (χ2n) is 5.88. The molecule has 1 aromatic heterocycles. The van der Waals surface area contributed by atoms with Gasteiger partial charge in [0.15, 0.2) is 0 Å². The van der Waals surface area contributed by atoms with Crippen molar-refractivity contribution < 1.29 is 4.79 Å². The number of amides is 1. The van der Waals surface area contributed by atoms with E-state index in [2.05, 4.69) is 14.9 Å². The lowest BCUT2D eigenvalue weighted by molar-refractivity contribution is -0.125. The number of hydrogen-bond donors (Lipinski definition) is 1. The Morgan fingerprint density at radius 3 is 2.79 bits per heavy atom. The number of carbonyl (C=O) groups excluding carboxylic acids is 1. The molecular formula is C15H23N3O. The normalized spacial score (nSPS) is 20.4. The van der Waals surface area contributed by atoms with E-state index in [-0.39, 0.29) is 11.8 Å². The van der Waals surface area contributed by atoms with E-state index in [9.17, 15) is 4.79 Å². The van der Waals surface area contributed by atoms with Crippen LogP contribution in [0.1, 0.15) is 56.7 Å². The standard InChI is InChI=1S/C15H23N3O/c19-15(13-4-2-1-3-5-13)17-9-11-18-10-8-16-14(18)12-6-7-12/h8,10,12-13H,1-7,9,11H2,(H,17,19). The van der Waals surface area contributed by atoms with Crippen LogP contribution in [0.25, 0.3) is 0 Å². The second-order valence-corrected chi connectivity index (χ2v) is 5.88. The highest BCUT2D eigenvalue weighted by Crippen LogP contribution is 2.38. The summed E-state index contributed by atoms with van der Waals surface area (Å²) in [5.41, 5.74) is 0. The van der Waals surface area contributed by atoms with Crippen LogP contribution in [-0.4, -0.2) is 22.0 Å². The Morgan fingerprint density at radius 2 is 2.05 bits per heavy atom. The molecule has 0 radical (unpaired) electrons. The molecule has 0 atom stereocenters. The molecule has 0 saturated heterocycles. The van der Waals surface area contributed by atoms with E-state index in [1.165, 1.54) is 37.9 Å². The van der Waals surface area contributed by atoms with Crippen LogP contribution in [0.4, 0.5) is 0 Å². The summed E-state index contributed by atoms with van der Waals surface area (Å²) in [6, 6.07) is 0. The molecule has 4 heteroatoms. The van der Waals surface area contributed by atoms with E-state index in [0.717, 1.165) is 25.9 Å². The first kappa shape index (κ1) is 12.7. The van der Waals surface area contributed by atoms with Crippen molar-refractivity contribution in [1.82, 2.24) is 14.9 Å². The van der Waals surface area contributed by atoms with Crippen molar-refractivity contribution in [2.24, 2.45) is 5.92 Å². The molecule has 0 unspecified atom stereocenters. The van der Waals surface area contributed by atoms with Gasteiger partial charge in [-0.2, -0.15) is 0 Å². The highest BCUT2D eigenvalue weighted by Gasteiger charge is 2.27. The summed E-state index contributed by atoms with van der Waals surface area (Å²) >= 11 is 0. The SMILES string of the molecule is O=C(NCCn1ccnc1C1CC1)C1CCCCC1. The molecule has 0 bridgehead atoms. The molecule has 1 N–H and O–H groups in total. The van der Waals surface area contributed by atoms with Crippen LogP contribution >= 0.6 is 0 Å². The molecule has 2 aliphatic carbocycles. The van der Waals surface area contributed by atoms with Crippen LogP contribution in [0, 0.1) is 5.92 Å². The third kappa shape index (κ3) is 3.17. The van der Waals surface area contributed by atoms with Crippen LogP contribution in [0.15, 0.2) is 12.4 Å². The van der Waals surface area contributed by atoms with Gasteiger partial charge in [-0.3, -0.25) is 4.79 Å². The van der Waals surface area contributed by atoms with Gasteiger partial charge in [0.2, 0.25) is 5.91 Å². The molecule has 1 amide bonds. The van der Waals surface area contributed by atoms with Gasteiger partial charge in [0.1, 0.15) is 5.82 Å². The van der Waals surface area contributed by atoms with Gasteiger partial charge < -0.3 is 9.88 Å². The number of aromatic nitrogens is 2. The van der Waals surface area contributed by atoms with E-state index >= 15 is 0 Å². The summed E-state index contributed by atoms with van der Waals surface area (Å²) in [6.45, 7) is 1.58. The van der Waals surface area contributed by atoms with Crippen LogP contribution in [0.3, 0.4) is 0 Å². The van der Waals surface area contributed by atoms with Crippen molar-refractivity contribution in [3.8, 4) is 0 Å². The summed E-state index contributed by atoms with van der Waals surface area (Å²) in [4.78, 5) is 16.4. The summed E-state index contributed by atoms with van der Waals surface area (Å²) in [7, 11) is 0. The van der Waals surface area contributed by atoms with Gasteiger partial charge >= 0.3 is 0 Å². The molecule has 2 fully saturated rings. The van der Waals surface area contributed by atoms with E-state index in [1.54, 1.807) is 0 Å². The van der Waals surface area contributed by atoms with Crippen molar-refractivity contribution in [3.05, 3.63) is 18.2 Å². The predicted molar refractivity (Wildman–Crippen MR) is 73.8 cm³/mol.